The van der Waals surface area contributed by atoms with Gasteiger partial charge in [0.2, 0.25) is 11.8 Å². The first-order chi connectivity index (χ1) is 19.6. The molecule has 2 aliphatic heterocycles. The Morgan fingerprint density at radius 2 is 1.85 bits per heavy atom. The number of hydrogen-bond donors (Lipinski definition) is 0. The van der Waals surface area contributed by atoms with Crippen LogP contribution in [0.1, 0.15) is 85.0 Å². The van der Waals surface area contributed by atoms with Gasteiger partial charge in [-0.25, -0.2) is 4.98 Å². The van der Waals surface area contributed by atoms with E-state index in [1.807, 2.05) is 11.1 Å². The lowest BCUT2D eigenvalue weighted by atomic mass is 9.65. The summed E-state index contributed by atoms with van der Waals surface area (Å²) in [4.78, 5) is 19.1. The zero-order valence-electron chi connectivity index (χ0n) is 26.1. The number of benzene rings is 1. The van der Waals surface area contributed by atoms with Gasteiger partial charge in [0.1, 0.15) is 0 Å². The minimum atomic E-state index is 0.0886. The van der Waals surface area contributed by atoms with Gasteiger partial charge in [-0.2, -0.15) is 5.10 Å². The van der Waals surface area contributed by atoms with Crippen molar-refractivity contribution in [3.05, 3.63) is 41.7 Å². The zero-order valence-corrected chi connectivity index (χ0v) is 26.1. The molecular formula is C34H48N4O3. The molecule has 7 heteroatoms. The smallest absolute Gasteiger partial charge is 0.219 e. The molecule has 2 aliphatic rings. The monoisotopic (exact) mass is 560 g/mol. The van der Waals surface area contributed by atoms with Gasteiger partial charge in [-0.15, -0.1) is 0 Å². The average molecular weight is 561 g/mol. The van der Waals surface area contributed by atoms with Crippen molar-refractivity contribution in [2.75, 3.05) is 26.4 Å². The molecule has 1 amide bonds. The number of ether oxygens (including phenoxy) is 2. The van der Waals surface area contributed by atoms with Crippen LogP contribution in [0.25, 0.3) is 22.0 Å². The number of hydrogen-bond acceptors (Lipinski definition) is 5. The molecule has 0 saturated carbocycles. The van der Waals surface area contributed by atoms with E-state index >= 15 is 0 Å². The minimum absolute atomic E-state index is 0.0886. The first-order valence-corrected chi connectivity index (χ1v) is 15.6. The lowest BCUT2D eigenvalue weighted by Crippen LogP contribution is -2.40. The molecule has 0 aliphatic carbocycles. The van der Waals surface area contributed by atoms with Gasteiger partial charge in [-0.1, -0.05) is 59.7 Å². The molecule has 0 spiro atoms. The summed E-state index contributed by atoms with van der Waals surface area (Å²) in [5, 5.41) is 7.39. The van der Waals surface area contributed by atoms with Crippen molar-refractivity contribution >= 4 is 16.7 Å². The maximum atomic E-state index is 12.3. The largest absolute Gasteiger partial charge is 0.477 e. The third-order valence-electron chi connectivity index (χ3n) is 9.64. The molecule has 1 aromatic carbocycles. The van der Waals surface area contributed by atoms with Crippen LogP contribution in [0.2, 0.25) is 0 Å². The highest BCUT2D eigenvalue weighted by molar-refractivity contribution is 5.96. The van der Waals surface area contributed by atoms with Gasteiger partial charge in [0, 0.05) is 79.5 Å². The fourth-order valence-electron chi connectivity index (χ4n) is 7.10. The Hall–Kier alpha value is -2.93. The van der Waals surface area contributed by atoms with Crippen LogP contribution in [0.5, 0.6) is 5.88 Å². The standard InChI is InChI=1S/C34H48N4O3/c1-22(2)18-34(23(3)4,24(5)6)21-41-32-17-26-9-8-10-28(29(26)19-35-32)33-30-20-37(25(7)39)14-11-31(30)38(36-33)27-12-15-40-16-13-27/h8-10,17,19,22-24,27H,11-16,18,20-21H2,1-7H3. The molecule has 7 nitrogen and oxygen atoms in total. The number of carbonyl (C=O) groups excluding carboxylic acids is 1. The number of aromatic nitrogens is 3. The van der Waals surface area contributed by atoms with Crippen LogP contribution in [0.15, 0.2) is 30.5 Å². The minimum Gasteiger partial charge on any atom is -0.477 e. The second-order valence-electron chi connectivity index (χ2n) is 13.2. The van der Waals surface area contributed by atoms with Crippen LogP contribution in [-0.4, -0.2) is 51.9 Å². The molecule has 1 fully saturated rings. The molecule has 0 atom stereocenters. The van der Waals surface area contributed by atoms with E-state index in [-0.39, 0.29) is 11.3 Å². The predicted molar refractivity (Wildman–Crippen MR) is 164 cm³/mol. The summed E-state index contributed by atoms with van der Waals surface area (Å²) in [5.74, 6) is 2.38. The summed E-state index contributed by atoms with van der Waals surface area (Å²) >= 11 is 0. The van der Waals surface area contributed by atoms with Crippen molar-refractivity contribution < 1.29 is 14.3 Å². The molecule has 0 N–H and O–H groups in total. The normalized spacial score (nSPS) is 16.7. The molecule has 41 heavy (non-hydrogen) atoms. The summed E-state index contributed by atoms with van der Waals surface area (Å²) in [5.41, 5.74) is 4.54. The summed E-state index contributed by atoms with van der Waals surface area (Å²) in [7, 11) is 0. The van der Waals surface area contributed by atoms with Crippen molar-refractivity contribution in [3.8, 4) is 17.1 Å². The lowest BCUT2D eigenvalue weighted by Gasteiger charge is -2.42. The zero-order chi connectivity index (χ0) is 29.3. The number of amides is 1. The van der Waals surface area contributed by atoms with Gasteiger partial charge < -0.3 is 14.4 Å². The molecule has 4 heterocycles. The topological polar surface area (TPSA) is 69.5 Å². The first kappa shape index (κ1) is 29.6. The van der Waals surface area contributed by atoms with E-state index in [0.29, 0.717) is 42.8 Å². The number of carbonyl (C=O) groups is 1. The van der Waals surface area contributed by atoms with Crippen molar-refractivity contribution in [2.45, 2.75) is 86.7 Å². The van der Waals surface area contributed by atoms with Crippen LogP contribution in [0, 0.1) is 23.2 Å². The van der Waals surface area contributed by atoms with E-state index in [9.17, 15) is 4.79 Å². The number of pyridine rings is 1. The lowest BCUT2D eigenvalue weighted by molar-refractivity contribution is -0.129. The summed E-state index contributed by atoms with van der Waals surface area (Å²) in [6.45, 7) is 19.0. The Morgan fingerprint density at radius 3 is 2.51 bits per heavy atom. The number of nitrogens with zero attached hydrogens (tertiary/aromatic N) is 4. The third kappa shape index (κ3) is 5.88. The molecule has 2 aromatic heterocycles. The van der Waals surface area contributed by atoms with Crippen LogP contribution < -0.4 is 4.74 Å². The molecule has 222 valence electrons. The Morgan fingerprint density at radius 1 is 1.12 bits per heavy atom. The van der Waals surface area contributed by atoms with Crippen LogP contribution in [0.3, 0.4) is 0 Å². The first-order valence-electron chi connectivity index (χ1n) is 15.6. The molecule has 0 bridgehead atoms. The van der Waals surface area contributed by atoms with Gasteiger partial charge in [0.25, 0.3) is 0 Å². The van der Waals surface area contributed by atoms with Crippen LogP contribution >= 0.6 is 0 Å². The number of rotatable bonds is 9. The van der Waals surface area contributed by atoms with E-state index in [4.69, 9.17) is 19.6 Å². The van der Waals surface area contributed by atoms with Crippen molar-refractivity contribution in [1.29, 1.82) is 0 Å². The van der Waals surface area contributed by atoms with E-state index in [0.717, 1.165) is 73.0 Å². The summed E-state index contributed by atoms with van der Waals surface area (Å²) in [6.07, 6.45) is 5.82. The van der Waals surface area contributed by atoms with Crippen LogP contribution in [-0.2, 0) is 22.5 Å². The van der Waals surface area contributed by atoms with Gasteiger partial charge in [0.15, 0.2) is 0 Å². The van der Waals surface area contributed by atoms with Gasteiger partial charge >= 0.3 is 0 Å². The molecular weight excluding hydrogens is 512 g/mol. The maximum Gasteiger partial charge on any atom is 0.219 e. The number of fused-ring (bicyclic) bond motifs is 2. The predicted octanol–water partition coefficient (Wildman–Crippen LogP) is 7.08. The van der Waals surface area contributed by atoms with Gasteiger partial charge in [0.05, 0.1) is 18.3 Å². The SMILES string of the molecule is CC(=O)N1CCc2c(c(-c3cccc4cc(OCC(CC(C)C)(C(C)C)C(C)C)ncc34)nn2C2CCOCC2)C1. The van der Waals surface area contributed by atoms with Crippen LogP contribution in [0.4, 0.5) is 0 Å². The third-order valence-corrected chi connectivity index (χ3v) is 9.64. The highest BCUT2D eigenvalue weighted by Crippen LogP contribution is 2.43. The average Bonchev–Trinajstić information content (AvgIpc) is 3.33. The van der Waals surface area contributed by atoms with Crippen molar-refractivity contribution in [2.24, 2.45) is 23.2 Å². The Kier molecular flexibility index (Phi) is 8.74. The Labute approximate surface area is 245 Å². The maximum absolute atomic E-state index is 12.3. The molecule has 1 saturated heterocycles. The highest BCUT2D eigenvalue weighted by atomic mass is 16.5. The van der Waals surface area contributed by atoms with E-state index in [1.165, 1.54) is 5.69 Å². The van der Waals surface area contributed by atoms with Gasteiger partial charge in [-0.05, 0) is 42.4 Å². The second-order valence-corrected chi connectivity index (χ2v) is 13.2. The van der Waals surface area contributed by atoms with Crippen molar-refractivity contribution in [3.63, 3.8) is 0 Å². The quantitative estimate of drug-likeness (QED) is 0.280. The summed E-state index contributed by atoms with van der Waals surface area (Å²) < 4.78 is 14.4. The van der Waals surface area contributed by atoms with Gasteiger partial charge in [-0.3, -0.25) is 9.48 Å². The Balaban J connectivity index is 1.50. The molecule has 3 aromatic rings. The van der Waals surface area contributed by atoms with E-state index < -0.39 is 0 Å². The molecule has 0 radical (unpaired) electrons. The highest BCUT2D eigenvalue weighted by Gasteiger charge is 2.39. The van der Waals surface area contributed by atoms with E-state index in [2.05, 4.69) is 70.5 Å². The molecule has 5 rings (SSSR count). The Bertz CT molecular complexity index is 1360. The summed E-state index contributed by atoms with van der Waals surface area (Å²) in [6, 6.07) is 8.76. The van der Waals surface area contributed by atoms with E-state index in [1.54, 1.807) is 6.92 Å². The second kappa shape index (κ2) is 12.1. The fourth-order valence-corrected chi connectivity index (χ4v) is 7.10. The van der Waals surface area contributed by atoms with Crippen molar-refractivity contribution in [1.82, 2.24) is 19.7 Å². The molecule has 0 unspecified atom stereocenters. The fraction of sp³-hybridized carbons (Fsp3) is 0.618.